The molecule has 0 N–H and O–H groups in total. The van der Waals surface area contributed by atoms with Gasteiger partial charge in [0.2, 0.25) is 0 Å². The summed E-state index contributed by atoms with van der Waals surface area (Å²) in [6.45, 7) is 11.2. The smallest absolute Gasteiger partial charge is 0.0345 e. The summed E-state index contributed by atoms with van der Waals surface area (Å²) < 4.78 is 0. The molecule has 0 aliphatic rings. The molecule has 0 spiro atoms. The first-order chi connectivity index (χ1) is 9.74. The maximum atomic E-state index is 4.17. The lowest BCUT2D eigenvalue weighted by atomic mass is 9.85. The fourth-order valence-electron chi connectivity index (χ4n) is 2.36. The molecule has 0 aliphatic heterocycles. The molecular weight excluding hydrogens is 274 g/mol. The van der Waals surface area contributed by atoms with Gasteiger partial charge in [0, 0.05) is 28.4 Å². The Morgan fingerprint density at radius 2 is 1.52 bits per heavy atom. The minimum Gasteiger partial charge on any atom is -0.300 e. The number of hydrogen-bond acceptors (Lipinski definition) is 2. The van der Waals surface area contributed by atoms with E-state index >= 15 is 0 Å². The van der Waals surface area contributed by atoms with Crippen LogP contribution in [0, 0.1) is 0 Å². The van der Waals surface area contributed by atoms with E-state index in [4.69, 9.17) is 0 Å². The van der Waals surface area contributed by atoms with Crippen molar-refractivity contribution in [2.75, 3.05) is 7.05 Å². The average molecular weight is 299 g/mol. The molecule has 2 rings (SSSR count). The third kappa shape index (κ3) is 3.62. The summed E-state index contributed by atoms with van der Waals surface area (Å²) in [7, 11) is 1.83. The highest BCUT2D eigenvalue weighted by molar-refractivity contribution is 7.15. The predicted molar refractivity (Wildman–Crippen MR) is 95.9 cm³/mol. The van der Waals surface area contributed by atoms with Crippen molar-refractivity contribution in [1.29, 1.82) is 0 Å². The predicted octanol–water partition coefficient (Wildman–Crippen LogP) is 5.69. The normalized spacial score (nSPS) is 13.0. The Morgan fingerprint density at radius 1 is 0.905 bits per heavy atom. The molecule has 21 heavy (non-hydrogen) atoms. The van der Waals surface area contributed by atoms with Crippen LogP contribution in [0.25, 0.3) is 10.4 Å². The fourth-order valence-corrected chi connectivity index (χ4v) is 3.43. The van der Waals surface area contributed by atoms with E-state index in [1.807, 2.05) is 24.6 Å². The Balaban J connectivity index is 2.29. The topological polar surface area (TPSA) is 12.4 Å². The van der Waals surface area contributed by atoms with Crippen molar-refractivity contribution in [3.05, 3.63) is 46.8 Å². The third-order valence-corrected chi connectivity index (χ3v) is 5.27. The van der Waals surface area contributed by atoms with Crippen molar-refractivity contribution in [1.82, 2.24) is 0 Å². The van der Waals surface area contributed by atoms with Crippen molar-refractivity contribution < 1.29 is 0 Å². The van der Waals surface area contributed by atoms with E-state index < -0.39 is 0 Å². The van der Waals surface area contributed by atoms with Crippen molar-refractivity contribution in [3.63, 3.8) is 0 Å². The van der Waals surface area contributed by atoms with Gasteiger partial charge in [-0.2, -0.15) is 0 Å². The summed E-state index contributed by atoms with van der Waals surface area (Å²) in [5.74, 6) is 0. The first-order valence-electron chi connectivity index (χ1n) is 7.38. The molecule has 0 aliphatic carbocycles. The number of rotatable bonds is 3. The Labute approximate surface area is 132 Å². The van der Waals surface area contributed by atoms with Crippen molar-refractivity contribution >= 4 is 17.6 Å². The summed E-state index contributed by atoms with van der Waals surface area (Å²) in [4.78, 5) is 6.94. The van der Waals surface area contributed by atoms with Gasteiger partial charge in [0.1, 0.15) is 0 Å². The SMILES string of the molecule is CN=CC(C)(C)c1ccc(-c2ccc(C(C)(C)C)s2)cc1. The van der Waals surface area contributed by atoms with Gasteiger partial charge >= 0.3 is 0 Å². The van der Waals surface area contributed by atoms with Gasteiger partial charge in [-0.25, -0.2) is 0 Å². The lowest BCUT2D eigenvalue weighted by Crippen LogP contribution is -2.18. The minimum atomic E-state index is -0.0146. The molecule has 1 aromatic carbocycles. The molecule has 0 saturated carbocycles. The van der Waals surface area contributed by atoms with Crippen LogP contribution in [0.1, 0.15) is 45.1 Å². The van der Waals surface area contributed by atoms with E-state index in [1.165, 1.54) is 20.9 Å². The van der Waals surface area contributed by atoms with Gasteiger partial charge in [-0.3, -0.25) is 4.99 Å². The Hall–Kier alpha value is -1.41. The zero-order valence-corrected chi connectivity index (χ0v) is 14.7. The Bertz CT molecular complexity index is 624. The average Bonchev–Trinajstić information content (AvgIpc) is 2.88. The van der Waals surface area contributed by atoms with Gasteiger partial charge in [-0.05, 0) is 28.7 Å². The van der Waals surface area contributed by atoms with Crippen LogP contribution in [0.4, 0.5) is 0 Å². The molecule has 0 radical (unpaired) electrons. The van der Waals surface area contributed by atoms with Gasteiger partial charge in [0.15, 0.2) is 0 Å². The highest BCUT2D eigenvalue weighted by atomic mass is 32.1. The van der Waals surface area contributed by atoms with Crippen molar-refractivity contribution in [2.24, 2.45) is 4.99 Å². The molecule has 0 fully saturated rings. The quantitative estimate of drug-likeness (QED) is 0.645. The van der Waals surface area contributed by atoms with Gasteiger partial charge in [0.25, 0.3) is 0 Å². The van der Waals surface area contributed by atoms with Gasteiger partial charge in [0.05, 0.1) is 0 Å². The van der Waals surface area contributed by atoms with E-state index in [1.54, 1.807) is 0 Å². The van der Waals surface area contributed by atoms with Crippen LogP contribution < -0.4 is 0 Å². The Kier molecular flexibility index (Phi) is 4.38. The van der Waals surface area contributed by atoms with E-state index in [0.717, 1.165) is 0 Å². The first-order valence-corrected chi connectivity index (χ1v) is 8.20. The number of hydrogen-bond donors (Lipinski definition) is 0. The first kappa shape index (κ1) is 16.0. The van der Waals surface area contributed by atoms with Crippen LogP contribution in [0.15, 0.2) is 41.4 Å². The lowest BCUT2D eigenvalue weighted by molar-refractivity contribution is 0.604. The summed E-state index contributed by atoms with van der Waals surface area (Å²) in [6, 6.07) is 13.4. The van der Waals surface area contributed by atoms with Crippen LogP contribution in [-0.4, -0.2) is 13.3 Å². The molecule has 0 atom stereocenters. The maximum Gasteiger partial charge on any atom is 0.0345 e. The summed E-state index contributed by atoms with van der Waals surface area (Å²) in [5.41, 5.74) is 2.80. The van der Waals surface area contributed by atoms with E-state index in [0.29, 0.717) is 0 Å². The van der Waals surface area contributed by atoms with Crippen LogP contribution in [0.2, 0.25) is 0 Å². The standard InChI is InChI=1S/C19H25NS/c1-18(2,3)17-12-11-16(21-17)14-7-9-15(10-8-14)19(4,5)13-20-6/h7-13H,1-6H3. The molecule has 1 heterocycles. The number of benzene rings is 1. The molecule has 2 aromatic rings. The monoisotopic (exact) mass is 299 g/mol. The van der Waals surface area contributed by atoms with E-state index in [-0.39, 0.29) is 10.8 Å². The van der Waals surface area contributed by atoms with Gasteiger partial charge in [-0.1, -0.05) is 58.9 Å². The second-order valence-corrected chi connectivity index (χ2v) is 8.18. The van der Waals surface area contributed by atoms with Crippen LogP contribution in [-0.2, 0) is 10.8 Å². The van der Waals surface area contributed by atoms with E-state index in [2.05, 4.69) is 76.0 Å². The minimum absolute atomic E-state index is 0.0146. The third-order valence-electron chi connectivity index (χ3n) is 3.71. The lowest BCUT2D eigenvalue weighted by Gasteiger charge is -2.20. The number of thiophene rings is 1. The van der Waals surface area contributed by atoms with E-state index in [9.17, 15) is 0 Å². The number of aliphatic imine (C=N–C) groups is 1. The molecule has 0 saturated heterocycles. The zero-order valence-electron chi connectivity index (χ0n) is 13.9. The molecule has 1 nitrogen and oxygen atoms in total. The maximum absolute atomic E-state index is 4.17. The van der Waals surface area contributed by atoms with Crippen LogP contribution >= 0.6 is 11.3 Å². The summed E-state index contributed by atoms with van der Waals surface area (Å²) in [5, 5.41) is 0. The summed E-state index contributed by atoms with van der Waals surface area (Å²) in [6.07, 6.45) is 2.00. The van der Waals surface area contributed by atoms with Gasteiger partial charge in [-0.15, -0.1) is 11.3 Å². The van der Waals surface area contributed by atoms with Crippen molar-refractivity contribution in [3.8, 4) is 10.4 Å². The fraction of sp³-hybridized carbons (Fsp3) is 0.421. The van der Waals surface area contributed by atoms with Crippen molar-refractivity contribution in [2.45, 2.75) is 45.4 Å². The molecular formula is C19H25NS. The number of nitrogens with zero attached hydrogens (tertiary/aromatic N) is 1. The second kappa shape index (κ2) is 5.76. The molecule has 0 bridgehead atoms. The second-order valence-electron chi connectivity index (χ2n) is 7.10. The molecule has 0 amide bonds. The van der Waals surface area contributed by atoms with Crippen LogP contribution in [0.5, 0.6) is 0 Å². The van der Waals surface area contributed by atoms with Crippen LogP contribution in [0.3, 0.4) is 0 Å². The highest BCUT2D eigenvalue weighted by Gasteiger charge is 2.19. The zero-order chi connectivity index (χ0) is 15.7. The largest absolute Gasteiger partial charge is 0.300 e. The molecule has 0 unspecified atom stereocenters. The summed E-state index contributed by atoms with van der Waals surface area (Å²) >= 11 is 1.89. The molecule has 112 valence electrons. The highest BCUT2D eigenvalue weighted by Crippen LogP contribution is 2.35. The molecule has 1 aromatic heterocycles. The van der Waals surface area contributed by atoms with Gasteiger partial charge < -0.3 is 0 Å². The Morgan fingerprint density at radius 3 is 2.00 bits per heavy atom. The molecule has 2 heteroatoms.